The van der Waals surface area contributed by atoms with Gasteiger partial charge in [-0.15, -0.1) is 12.4 Å². The van der Waals surface area contributed by atoms with E-state index in [0.29, 0.717) is 0 Å². The minimum Gasteiger partial charge on any atom is -0.298 e. The fraction of sp³-hybridized carbons (Fsp3) is 0.417. The van der Waals surface area contributed by atoms with Gasteiger partial charge in [-0.05, 0) is 30.1 Å². The lowest BCUT2D eigenvalue weighted by Crippen LogP contribution is -2.21. The molecule has 4 heteroatoms. The van der Waals surface area contributed by atoms with Crippen molar-refractivity contribution in [3.63, 3.8) is 0 Å². The van der Waals surface area contributed by atoms with E-state index in [-0.39, 0.29) is 23.6 Å². The summed E-state index contributed by atoms with van der Waals surface area (Å²) in [5.41, 5.74) is 1.29. The van der Waals surface area contributed by atoms with Crippen LogP contribution in [0.2, 0.25) is 0 Å². The van der Waals surface area contributed by atoms with Gasteiger partial charge in [0.15, 0.2) is 0 Å². The summed E-state index contributed by atoms with van der Waals surface area (Å²) in [4.78, 5) is 13.3. The Labute approximate surface area is 107 Å². The van der Waals surface area contributed by atoms with Gasteiger partial charge in [0.2, 0.25) is 5.24 Å². The molecule has 0 N–H and O–H groups in total. The molecule has 1 aliphatic heterocycles. The average Bonchev–Trinajstić information content (AvgIpc) is 2.68. The standard InChI is InChI=1S/C12H14ClNO.ClH/c13-12(15)11-6-7-14(9-11)8-10-4-2-1-3-5-10;/h1-5,11H,6-9H2;1H. The van der Waals surface area contributed by atoms with Crippen LogP contribution in [-0.4, -0.2) is 23.2 Å². The molecular formula is C12H15Cl2NO. The van der Waals surface area contributed by atoms with Gasteiger partial charge in [0.05, 0.1) is 0 Å². The smallest absolute Gasteiger partial charge is 0.226 e. The Morgan fingerprint density at radius 3 is 2.62 bits per heavy atom. The van der Waals surface area contributed by atoms with Crippen molar-refractivity contribution in [3.8, 4) is 0 Å². The van der Waals surface area contributed by atoms with Crippen molar-refractivity contribution < 1.29 is 4.79 Å². The normalized spacial score (nSPS) is 20.4. The topological polar surface area (TPSA) is 20.3 Å². The van der Waals surface area contributed by atoms with Crippen molar-refractivity contribution in [2.45, 2.75) is 13.0 Å². The van der Waals surface area contributed by atoms with E-state index in [9.17, 15) is 4.79 Å². The first kappa shape index (κ1) is 13.5. The summed E-state index contributed by atoms with van der Waals surface area (Å²) in [5.74, 6) is 0.0374. The van der Waals surface area contributed by atoms with E-state index >= 15 is 0 Å². The number of halogens is 2. The Morgan fingerprint density at radius 1 is 1.38 bits per heavy atom. The quantitative estimate of drug-likeness (QED) is 0.779. The second-order valence-corrected chi connectivity index (χ2v) is 4.38. The zero-order valence-corrected chi connectivity index (χ0v) is 10.5. The van der Waals surface area contributed by atoms with Gasteiger partial charge < -0.3 is 0 Å². The van der Waals surface area contributed by atoms with Gasteiger partial charge in [-0.3, -0.25) is 9.69 Å². The van der Waals surface area contributed by atoms with Crippen molar-refractivity contribution in [3.05, 3.63) is 35.9 Å². The van der Waals surface area contributed by atoms with Crippen LogP contribution in [0.1, 0.15) is 12.0 Å². The molecule has 1 unspecified atom stereocenters. The highest BCUT2D eigenvalue weighted by molar-refractivity contribution is 6.64. The number of carbonyl (C=O) groups excluding carboxylic acids is 1. The SMILES string of the molecule is Cl.O=C(Cl)C1CCN(Cc2ccccc2)C1. The number of rotatable bonds is 3. The predicted octanol–water partition coefficient (Wildman–Crippen LogP) is 2.70. The van der Waals surface area contributed by atoms with Gasteiger partial charge in [0.25, 0.3) is 0 Å². The first-order chi connectivity index (χ1) is 7.25. The van der Waals surface area contributed by atoms with Crippen LogP contribution in [0, 0.1) is 5.92 Å². The Balaban J connectivity index is 0.00000128. The lowest BCUT2D eigenvalue weighted by Gasteiger charge is -2.14. The summed E-state index contributed by atoms with van der Waals surface area (Å²) < 4.78 is 0. The van der Waals surface area contributed by atoms with Crippen molar-refractivity contribution in [1.82, 2.24) is 4.90 Å². The van der Waals surface area contributed by atoms with E-state index in [2.05, 4.69) is 17.0 Å². The molecule has 0 spiro atoms. The third-order valence-electron chi connectivity index (χ3n) is 2.84. The highest BCUT2D eigenvalue weighted by Crippen LogP contribution is 2.20. The molecule has 1 saturated heterocycles. The number of benzene rings is 1. The van der Waals surface area contributed by atoms with Crippen molar-refractivity contribution >= 4 is 29.3 Å². The van der Waals surface area contributed by atoms with Gasteiger partial charge in [-0.25, -0.2) is 0 Å². The van der Waals surface area contributed by atoms with E-state index < -0.39 is 0 Å². The summed E-state index contributed by atoms with van der Waals surface area (Å²) in [7, 11) is 0. The third-order valence-corrected chi connectivity index (χ3v) is 3.15. The molecule has 0 amide bonds. The summed E-state index contributed by atoms with van der Waals surface area (Å²) in [6.45, 7) is 2.69. The fourth-order valence-corrected chi connectivity index (χ4v) is 2.18. The highest BCUT2D eigenvalue weighted by Gasteiger charge is 2.26. The second kappa shape index (κ2) is 6.24. The number of nitrogens with zero attached hydrogens (tertiary/aromatic N) is 1. The number of carbonyl (C=O) groups is 1. The average molecular weight is 260 g/mol. The van der Waals surface area contributed by atoms with Crippen LogP contribution in [-0.2, 0) is 11.3 Å². The molecule has 88 valence electrons. The third kappa shape index (κ3) is 3.48. The molecule has 0 bridgehead atoms. The van der Waals surface area contributed by atoms with Gasteiger partial charge >= 0.3 is 0 Å². The molecule has 0 aliphatic carbocycles. The maximum Gasteiger partial charge on any atom is 0.226 e. The van der Waals surface area contributed by atoms with Crippen molar-refractivity contribution in [1.29, 1.82) is 0 Å². The fourth-order valence-electron chi connectivity index (χ4n) is 2.00. The summed E-state index contributed by atoms with van der Waals surface area (Å²) in [6, 6.07) is 10.3. The minimum atomic E-state index is -0.189. The van der Waals surface area contributed by atoms with Crippen LogP contribution >= 0.6 is 24.0 Å². The van der Waals surface area contributed by atoms with Crippen LogP contribution in [0.5, 0.6) is 0 Å². The predicted molar refractivity (Wildman–Crippen MR) is 67.9 cm³/mol. The van der Waals surface area contributed by atoms with Crippen molar-refractivity contribution in [2.75, 3.05) is 13.1 Å². The Hall–Kier alpha value is -0.570. The molecule has 1 aliphatic rings. The second-order valence-electron chi connectivity index (χ2n) is 4.01. The van der Waals surface area contributed by atoms with E-state index in [4.69, 9.17) is 11.6 Å². The molecule has 2 rings (SSSR count). The summed E-state index contributed by atoms with van der Waals surface area (Å²) >= 11 is 5.49. The maximum absolute atomic E-state index is 11.0. The number of hydrogen-bond donors (Lipinski definition) is 0. The molecular weight excluding hydrogens is 245 g/mol. The zero-order chi connectivity index (χ0) is 10.7. The van der Waals surface area contributed by atoms with Crippen LogP contribution < -0.4 is 0 Å². The zero-order valence-electron chi connectivity index (χ0n) is 8.93. The van der Waals surface area contributed by atoms with E-state index in [0.717, 1.165) is 26.1 Å². The van der Waals surface area contributed by atoms with E-state index in [1.807, 2.05) is 18.2 Å². The van der Waals surface area contributed by atoms with E-state index in [1.165, 1.54) is 5.56 Å². The molecule has 0 saturated carbocycles. The summed E-state index contributed by atoms with van der Waals surface area (Å²) in [5, 5.41) is -0.189. The van der Waals surface area contributed by atoms with Crippen molar-refractivity contribution in [2.24, 2.45) is 5.92 Å². The van der Waals surface area contributed by atoms with Crippen LogP contribution in [0.4, 0.5) is 0 Å². The summed E-state index contributed by atoms with van der Waals surface area (Å²) in [6.07, 6.45) is 0.898. The van der Waals surface area contributed by atoms with Gasteiger partial charge in [-0.2, -0.15) is 0 Å². The van der Waals surface area contributed by atoms with Gasteiger partial charge in [0.1, 0.15) is 0 Å². The minimum absolute atomic E-state index is 0. The highest BCUT2D eigenvalue weighted by atomic mass is 35.5. The Morgan fingerprint density at radius 2 is 2.06 bits per heavy atom. The Bertz CT molecular complexity index is 342. The molecule has 0 radical (unpaired) electrons. The monoisotopic (exact) mass is 259 g/mol. The molecule has 1 fully saturated rings. The first-order valence-electron chi connectivity index (χ1n) is 5.21. The first-order valence-corrected chi connectivity index (χ1v) is 5.59. The maximum atomic E-state index is 11.0. The molecule has 1 aromatic rings. The van der Waals surface area contributed by atoms with Crippen LogP contribution in [0.25, 0.3) is 0 Å². The molecule has 16 heavy (non-hydrogen) atoms. The number of hydrogen-bond acceptors (Lipinski definition) is 2. The molecule has 1 atom stereocenters. The molecule has 1 aromatic carbocycles. The Kier molecular flexibility index (Phi) is 5.26. The lowest BCUT2D eigenvalue weighted by molar-refractivity contribution is -0.114. The largest absolute Gasteiger partial charge is 0.298 e. The molecule has 2 nitrogen and oxygen atoms in total. The lowest BCUT2D eigenvalue weighted by atomic mass is 10.1. The molecule has 1 heterocycles. The van der Waals surface area contributed by atoms with Gasteiger partial charge in [0, 0.05) is 19.0 Å². The number of likely N-dealkylation sites (tertiary alicyclic amines) is 1. The molecule has 0 aromatic heterocycles. The van der Waals surface area contributed by atoms with Crippen LogP contribution in [0.15, 0.2) is 30.3 Å². The van der Waals surface area contributed by atoms with Gasteiger partial charge in [-0.1, -0.05) is 30.3 Å². The van der Waals surface area contributed by atoms with E-state index in [1.54, 1.807) is 0 Å². The van der Waals surface area contributed by atoms with Crippen LogP contribution in [0.3, 0.4) is 0 Å².